The third-order valence-corrected chi connectivity index (χ3v) is 4.07. The molecule has 0 N–H and O–H groups in total. The minimum absolute atomic E-state index is 0.0121. The van der Waals surface area contributed by atoms with Crippen LogP contribution in [0.1, 0.15) is 48.8 Å². The zero-order chi connectivity index (χ0) is 15.0. The van der Waals surface area contributed by atoms with Gasteiger partial charge < -0.3 is 0 Å². The number of rotatable bonds is 2. The summed E-state index contributed by atoms with van der Waals surface area (Å²) in [7, 11) is 0. The highest BCUT2D eigenvalue weighted by molar-refractivity contribution is 5.98. The monoisotopic (exact) mass is 280 g/mol. The number of aromatic nitrogens is 2. The van der Waals surface area contributed by atoms with Crippen LogP contribution in [0.5, 0.6) is 0 Å². The van der Waals surface area contributed by atoms with E-state index in [4.69, 9.17) is 0 Å². The van der Waals surface area contributed by atoms with Gasteiger partial charge in [0.1, 0.15) is 0 Å². The lowest BCUT2D eigenvalue weighted by Gasteiger charge is -2.29. The molecule has 0 saturated carbocycles. The van der Waals surface area contributed by atoms with Crippen molar-refractivity contribution in [1.29, 1.82) is 0 Å². The summed E-state index contributed by atoms with van der Waals surface area (Å²) in [5, 5.41) is 0. The number of hydrogen-bond donors (Lipinski definition) is 0. The molecule has 1 aromatic heterocycles. The van der Waals surface area contributed by atoms with Gasteiger partial charge in [-0.05, 0) is 23.8 Å². The minimum Gasteiger partial charge on any atom is -0.294 e. The Morgan fingerprint density at radius 1 is 1.14 bits per heavy atom. The number of hydrogen-bond acceptors (Lipinski definition) is 3. The Morgan fingerprint density at radius 2 is 1.86 bits per heavy atom. The van der Waals surface area contributed by atoms with Crippen LogP contribution in [0.4, 0.5) is 0 Å². The van der Waals surface area contributed by atoms with E-state index < -0.39 is 0 Å². The minimum atomic E-state index is -0.0121. The Labute approximate surface area is 125 Å². The fourth-order valence-electron chi connectivity index (χ4n) is 2.86. The molecule has 3 nitrogen and oxygen atoms in total. The molecule has 0 amide bonds. The van der Waals surface area contributed by atoms with Gasteiger partial charge in [-0.25, -0.2) is 9.97 Å². The molecule has 3 heteroatoms. The molecule has 1 aliphatic rings. The van der Waals surface area contributed by atoms with Gasteiger partial charge in [0.25, 0.3) is 0 Å². The molecule has 1 heterocycles. The number of carbonyl (C=O) groups excluding carboxylic acids is 1. The number of fused-ring (bicyclic) bond motifs is 1. The molecule has 0 aliphatic heterocycles. The van der Waals surface area contributed by atoms with Crippen molar-refractivity contribution in [2.45, 2.75) is 40.0 Å². The Kier molecular flexibility index (Phi) is 3.36. The average molecular weight is 280 g/mol. The Hall–Kier alpha value is -2.03. The van der Waals surface area contributed by atoms with Crippen molar-refractivity contribution in [1.82, 2.24) is 9.97 Å². The fourth-order valence-corrected chi connectivity index (χ4v) is 2.86. The first kappa shape index (κ1) is 13.9. The zero-order valence-corrected chi connectivity index (χ0v) is 12.8. The van der Waals surface area contributed by atoms with E-state index >= 15 is 0 Å². The maximum Gasteiger partial charge on any atom is 0.166 e. The standard InChI is InChI=1S/C18H20N2O/c1-4-12-5-7-13(8-6-12)17-19-11-14-15(20-17)9-18(2,3)10-16(14)21/h5-8,11H,4,9-10H2,1-3H3. The highest BCUT2D eigenvalue weighted by Crippen LogP contribution is 2.34. The van der Waals surface area contributed by atoms with Crippen molar-refractivity contribution < 1.29 is 4.79 Å². The van der Waals surface area contributed by atoms with Gasteiger partial charge in [0, 0.05) is 18.2 Å². The summed E-state index contributed by atoms with van der Waals surface area (Å²) in [5.74, 6) is 0.871. The van der Waals surface area contributed by atoms with E-state index in [0.717, 1.165) is 24.1 Å². The third-order valence-electron chi connectivity index (χ3n) is 4.07. The lowest BCUT2D eigenvalue weighted by Crippen LogP contribution is -2.28. The second-order valence-electron chi connectivity index (χ2n) is 6.55. The molecule has 3 rings (SSSR count). The number of carbonyl (C=O) groups is 1. The summed E-state index contributed by atoms with van der Waals surface area (Å²) in [6.07, 6.45) is 4.13. The molecule has 21 heavy (non-hydrogen) atoms. The predicted molar refractivity (Wildman–Crippen MR) is 83.3 cm³/mol. The first-order valence-electron chi connectivity index (χ1n) is 7.47. The second kappa shape index (κ2) is 5.06. The summed E-state index contributed by atoms with van der Waals surface area (Å²) in [6.45, 7) is 6.37. The number of benzene rings is 1. The topological polar surface area (TPSA) is 42.9 Å². The average Bonchev–Trinajstić information content (AvgIpc) is 2.45. The molecule has 0 atom stereocenters. The van der Waals surface area contributed by atoms with Crippen LogP contribution in [0.2, 0.25) is 0 Å². The van der Waals surface area contributed by atoms with Crippen molar-refractivity contribution in [3.8, 4) is 11.4 Å². The summed E-state index contributed by atoms with van der Waals surface area (Å²) in [5.41, 5.74) is 3.88. The lowest BCUT2D eigenvalue weighted by molar-refractivity contribution is 0.0910. The molecule has 0 saturated heterocycles. The summed E-state index contributed by atoms with van der Waals surface area (Å²) >= 11 is 0. The van der Waals surface area contributed by atoms with Crippen LogP contribution in [0.25, 0.3) is 11.4 Å². The molecule has 0 radical (unpaired) electrons. The number of aryl methyl sites for hydroxylation is 1. The SMILES string of the molecule is CCc1ccc(-c2ncc3c(n2)CC(C)(C)CC3=O)cc1. The maximum absolute atomic E-state index is 12.2. The van der Waals surface area contributed by atoms with Gasteiger partial charge >= 0.3 is 0 Å². The molecule has 0 unspecified atom stereocenters. The van der Waals surface area contributed by atoms with E-state index in [1.54, 1.807) is 6.20 Å². The van der Waals surface area contributed by atoms with Crippen LogP contribution >= 0.6 is 0 Å². The Morgan fingerprint density at radius 3 is 2.52 bits per heavy atom. The molecule has 0 spiro atoms. The van der Waals surface area contributed by atoms with Gasteiger partial charge in [-0.3, -0.25) is 4.79 Å². The van der Waals surface area contributed by atoms with Crippen LogP contribution in [0.15, 0.2) is 30.5 Å². The van der Waals surface area contributed by atoms with Gasteiger partial charge in [-0.15, -0.1) is 0 Å². The largest absolute Gasteiger partial charge is 0.294 e. The Balaban J connectivity index is 2.00. The van der Waals surface area contributed by atoms with E-state index in [1.807, 2.05) is 0 Å². The van der Waals surface area contributed by atoms with Crippen molar-refractivity contribution >= 4 is 5.78 Å². The van der Waals surface area contributed by atoms with Crippen molar-refractivity contribution in [3.63, 3.8) is 0 Å². The lowest BCUT2D eigenvalue weighted by atomic mass is 9.76. The van der Waals surface area contributed by atoms with Crippen LogP contribution in [-0.4, -0.2) is 15.8 Å². The van der Waals surface area contributed by atoms with E-state index in [9.17, 15) is 4.79 Å². The van der Waals surface area contributed by atoms with Crippen molar-refractivity contribution in [2.24, 2.45) is 5.41 Å². The summed E-state index contributed by atoms with van der Waals surface area (Å²) < 4.78 is 0. The van der Waals surface area contributed by atoms with Crippen molar-refractivity contribution in [3.05, 3.63) is 47.3 Å². The molecular weight excluding hydrogens is 260 g/mol. The van der Waals surface area contributed by atoms with E-state index in [-0.39, 0.29) is 11.2 Å². The van der Waals surface area contributed by atoms with E-state index in [0.29, 0.717) is 17.8 Å². The predicted octanol–water partition coefficient (Wildman–Crippen LogP) is 3.86. The highest BCUT2D eigenvalue weighted by atomic mass is 16.1. The van der Waals surface area contributed by atoms with Gasteiger partial charge in [-0.2, -0.15) is 0 Å². The second-order valence-corrected chi connectivity index (χ2v) is 6.55. The fraction of sp³-hybridized carbons (Fsp3) is 0.389. The third kappa shape index (κ3) is 2.73. The van der Waals surface area contributed by atoms with E-state index in [2.05, 4.69) is 55.0 Å². The van der Waals surface area contributed by atoms with Crippen molar-refractivity contribution in [2.75, 3.05) is 0 Å². The van der Waals surface area contributed by atoms with Crippen LogP contribution < -0.4 is 0 Å². The summed E-state index contributed by atoms with van der Waals surface area (Å²) in [4.78, 5) is 21.2. The molecular formula is C18H20N2O. The number of ketones is 1. The van der Waals surface area contributed by atoms with Gasteiger partial charge in [0.05, 0.1) is 11.3 Å². The van der Waals surface area contributed by atoms with Gasteiger partial charge in [0.15, 0.2) is 11.6 Å². The molecule has 0 bridgehead atoms. The van der Waals surface area contributed by atoms with Crippen LogP contribution in [-0.2, 0) is 12.8 Å². The number of Topliss-reactive ketones (excluding diaryl/α,β-unsaturated/α-hetero) is 1. The first-order chi connectivity index (χ1) is 9.98. The Bertz CT molecular complexity index is 687. The molecule has 1 aromatic carbocycles. The number of nitrogens with zero attached hydrogens (tertiary/aromatic N) is 2. The summed E-state index contributed by atoms with van der Waals surface area (Å²) in [6, 6.07) is 8.31. The molecule has 108 valence electrons. The van der Waals surface area contributed by atoms with Gasteiger partial charge in [0.2, 0.25) is 0 Å². The molecule has 0 fully saturated rings. The zero-order valence-electron chi connectivity index (χ0n) is 12.8. The van der Waals surface area contributed by atoms with E-state index in [1.165, 1.54) is 5.56 Å². The van der Waals surface area contributed by atoms with Gasteiger partial charge in [-0.1, -0.05) is 45.0 Å². The quantitative estimate of drug-likeness (QED) is 0.839. The maximum atomic E-state index is 12.2. The van der Waals surface area contributed by atoms with Crippen LogP contribution in [0.3, 0.4) is 0 Å². The normalized spacial score (nSPS) is 16.6. The highest BCUT2D eigenvalue weighted by Gasteiger charge is 2.32. The molecule has 1 aliphatic carbocycles. The van der Waals surface area contributed by atoms with Crippen LogP contribution in [0, 0.1) is 5.41 Å². The first-order valence-corrected chi connectivity index (χ1v) is 7.47. The molecule has 2 aromatic rings. The smallest absolute Gasteiger partial charge is 0.166 e.